The second-order valence-electron chi connectivity index (χ2n) is 8.94. The topological polar surface area (TPSA) is 89.3 Å². The molecule has 7 heteroatoms. The van der Waals surface area contributed by atoms with Crippen molar-refractivity contribution < 1.29 is 14.6 Å². The molecule has 0 spiro atoms. The minimum absolute atomic E-state index is 0.134. The number of para-hydroxylation sites is 1. The summed E-state index contributed by atoms with van der Waals surface area (Å²) >= 11 is 0. The van der Waals surface area contributed by atoms with E-state index in [4.69, 9.17) is 9.72 Å². The molecule has 7 nitrogen and oxygen atoms in total. The van der Waals surface area contributed by atoms with Gasteiger partial charge in [0.2, 0.25) is 5.91 Å². The van der Waals surface area contributed by atoms with Crippen molar-refractivity contribution >= 4 is 33.7 Å². The molecule has 0 aliphatic rings. The number of carbonyl (C=O) groups is 1. The number of hydrogen-bond donors (Lipinski definition) is 2. The van der Waals surface area contributed by atoms with Crippen molar-refractivity contribution in [2.75, 3.05) is 11.9 Å². The predicted molar refractivity (Wildman–Crippen MR) is 115 cm³/mol. The Morgan fingerprint density at radius 3 is 2.48 bits per heavy atom. The Bertz CT molecular complexity index is 1040. The van der Waals surface area contributed by atoms with Crippen molar-refractivity contribution in [1.29, 1.82) is 0 Å². The fraction of sp³-hybridized carbons (Fsp3) is 0.500. The first kappa shape index (κ1) is 21.2. The highest BCUT2D eigenvalue weighted by Gasteiger charge is 2.26. The molecular weight excluding hydrogens is 368 g/mol. The van der Waals surface area contributed by atoms with Crippen LogP contribution in [-0.2, 0) is 22.7 Å². The number of amides is 1. The van der Waals surface area contributed by atoms with E-state index in [9.17, 15) is 9.90 Å². The molecule has 0 saturated heterocycles. The molecule has 1 aromatic carbocycles. The van der Waals surface area contributed by atoms with Crippen LogP contribution in [0.1, 0.15) is 47.4 Å². The third-order valence-corrected chi connectivity index (χ3v) is 4.56. The van der Waals surface area contributed by atoms with Crippen LogP contribution in [0, 0.1) is 5.41 Å². The standard InChI is InChI=1S/C22H30N4O3/c1-7-29-12-16-24-17-18(26(16)13-22(5,6)28)14-10-8-9-11-15(14)23-19(17)25-20(27)21(2,3)4/h8-11,28H,7,12-13H2,1-6H3,(H,23,25,27). The summed E-state index contributed by atoms with van der Waals surface area (Å²) in [5.74, 6) is 0.976. The van der Waals surface area contributed by atoms with Crippen molar-refractivity contribution in [1.82, 2.24) is 14.5 Å². The number of carbonyl (C=O) groups excluding carboxylic acids is 1. The lowest BCUT2D eigenvalue weighted by atomic mass is 9.96. The highest BCUT2D eigenvalue weighted by Crippen LogP contribution is 2.32. The van der Waals surface area contributed by atoms with Crippen LogP contribution in [0.25, 0.3) is 21.9 Å². The molecule has 0 radical (unpaired) electrons. The van der Waals surface area contributed by atoms with Crippen LogP contribution in [0.3, 0.4) is 0 Å². The fourth-order valence-corrected chi connectivity index (χ4v) is 3.13. The van der Waals surface area contributed by atoms with Gasteiger partial charge in [-0.05, 0) is 26.8 Å². The van der Waals surface area contributed by atoms with Gasteiger partial charge in [0.05, 0.1) is 23.2 Å². The monoisotopic (exact) mass is 398 g/mol. The molecule has 0 unspecified atom stereocenters. The van der Waals surface area contributed by atoms with E-state index in [-0.39, 0.29) is 5.91 Å². The van der Waals surface area contributed by atoms with E-state index in [2.05, 4.69) is 10.3 Å². The maximum absolute atomic E-state index is 12.7. The van der Waals surface area contributed by atoms with E-state index in [0.29, 0.717) is 36.9 Å². The zero-order valence-corrected chi connectivity index (χ0v) is 18.0. The molecule has 0 fully saturated rings. The van der Waals surface area contributed by atoms with Crippen LogP contribution in [0.5, 0.6) is 0 Å². The van der Waals surface area contributed by atoms with Crippen molar-refractivity contribution in [2.24, 2.45) is 5.41 Å². The van der Waals surface area contributed by atoms with Gasteiger partial charge in [0.1, 0.15) is 17.9 Å². The Hall–Kier alpha value is -2.51. The van der Waals surface area contributed by atoms with Gasteiger partial charge in [-0.3, -0.25) is 4.79 Å². The summed E-state index contributed by atoms with van der Waals surface area (Å²) in [4.78, 5) is 22.1. The number of nitrogens with zero attached hydrogens (tertiary/aromatic N) is 3. The average Bonchev–Trinajstić information content (AvgIpc) is 2.96. The molecule has 156 valence electrons. The minimum Gasteiger partial charge on any atom is -0.389 e. The first-order valence-corrected chi connectivity index (χ1v) is 9.90. The van der Waals surface area contributed by atoms with Crippen LogP contribution in [0.15, 0.2) is 24.3 Å². The van der Waals surface area contributed by atoms with Gasteiger partial charge in [0.15, 0.2) is 5.82 Å². The van der Waals surface area contributed by atoms with E-state index in [1.807, 2.05) is 56.5 Å². The number of hydrogen-bond acceptors (Lipinski definition) is 5. The molecule has 0 bridgehead atoms. The highest BCUT2D eigenvalue weighted by atomic mass is 16.5. The first-order chi connectivity index (χ1) is 13.5. The molecule has 29 heavy (non-hydrogen) atoms. The summed E-state index contributed by atoms with van der Waals surface area (Å²) in [5.41, 5.74) is 0.665. The third kappa shape index (κ3) is 4.57. The summed E-state index contributed by atoms with van der Waals surface area (Å²) in [6.45, 7) is 12.2. The molecule has 0 aliphatic carbocycles. The van der Waals surface area contributed by atoms with Gasteiger partial charge >= 0.3 is 0 Å². The van der Waals surface area contributed by atoms with Crippen molar-refractivity contribution in [3.63, 3.8) is 0 Å². The van der Waals surface area contributed by atoms with E-state index in [0.717, 1.165) is 16.4 Å². The van der Waals surface area contributed by atoms with E-state index < -0.39 is 11.0 Å². The van der Waals surface area contributed by atoms with Crippen molar-refractivity contribution in [3.8, 4) is 0 Å². The highest BCUT2D eigenvalue weighted by molar-refractivity contribution is 6.10. The number of benzene rings is 1. The van der Waals surface area contributed by atoms with Crippen molar-refractivity contribution in [3.05, 3.63) is 30.1 Å². The Kier molecular flexibility index (Phi) is 5.65. The average molecular weight is 399 g/mol. The van der Waals surface area contributed by atoms with Gasteiger partial charge < -0.3 is 19.7 Å². The maximum Gasteiger partial charge on any atom is 0.230 e. The Morgan fingerprint density at radius 2 is 1.86 bits per heavy atom. The number of imidazole rings is 1. The number of aliphatic hydroxyl groups is 1. The van der Waals surface area contributed by atoms with Crippen LogP contribution in [0.4, 0.5) is 5.82 Å². The SMILES string of the molecule is CCOCc1nc2c(NC(=O)C(C)(C)C)nc3ccccc3c2n1CC(C)(C)O. The number of ether oxygens (including phenoxy) is 1. The van der Waals surface area contributed by atoms with Gasteiger partial charge in [-0.1, -0.05) is 39.0 Å². The Labute approximate surface area is 171 Å². The van der Waals surface area contributed by atoms with E-state index in [1.165, 1.54) is 0 Å². The summed E-state index contributed by atoms with van der Waals surface area (Å²) < 4.78 is 7.59. The molecule has 3 rings (SSSR count). The van der Waals surface area contributed by atoms with Crippen LogP contribution >= 0.6 is 0 Å². The normalized spacial score (nSPS) is 12.7. The molecule has 1 amide bonds. The zero-order valence-electron chi connectivity index (χ0n) is 18.0. The molecule has 0 saturated carbocycles. The number of aromatic nitrogens is 3. The number of nitrogens with one attached hydrogen (secondary N) is 1. The number of rotatable bonds is 6. The maximum atomic E-state index is 12.7. The molecule has 3 aromatic rings. The summed E-state index contributed by atoms with van der Waals surface area (Å²) in [6.07, 6.45) is 0. The van der Waals surface area contributed by atoms with Crippen LogP contribution in [-0.4, -0.2) is 37.8 Å². The quantitative estimate of drug-likeness (QED) is 0.658. The zero-order chi connectivity index (χ0) is 21.4. The Morgan fingerprint density at radius 1 is 1.17 bits per heavy atom. The molecule has 2 aromatic heterocycles. The van der Waals surface area contributed by atoms with Gasteiger partial charge in [0, 0.05) is 17.4 Å². The van der Waals surface area contributed by atoms with E-state index >= 15 is 0 Å². The lowest BCUT2D eigenvalue weighted by Gasteiger charge is -2.21. The number of pyridine rings is 1. The molecular formula is C22H30N4O3. The van der Waals surface area contributed by atoms with Crippen molar-refractivity contribution in [2.45, 2.75) is 60.3 Å². The van der Waals surface area contributed by atoms with Crippen LogP contribution < -0.4 is 5.32 Å². The molecule has 2 N–H and O–H groups in total. The van der Waals surface area contributed by atoms with Crippen LogP contribution in [0.2, 0.25) is 0 Å². The summed E-state index contributed by atoms with van der Waals surface area (Å²) in [5, 5.41) is 14.4. The smallest absolute Gasteiger partial charge is 0.230 e. The first-order valence-electron chi connectivity index (χ1n) is 9.90. The van der Waals surface area contributed by atoms with E-state index in [1.54, 1.807) is 13.8 Å². The second-order valence-corrected chi connectivity index (χ2v) is 8.94. The van der Waals surface area contributed by atoms with Gasteiger partial charge in [0.25, 0.3) is 0 Å². The minimum atomic E-state index is -0.951. The predicted octanol–water partition coefficient (Wildman–Crippen LogP) is 3.88. The number of anilines is 1. The van der Waals surface area contributed by atoms with Gasteiger partial charge in [-0.15, -0.1) is 0 Å². The fourth-order valence-electron chi connectivity index (χ4n) is 3.13. The lowest BCUT2D eigenvalue weighted by Crippen LogP contribution is -2.28. The Balaban J connectivity index is 2.30. The molecule has 2 heterocycles. The number of fused-ring (bicyclic) bond motifs is 3. The summed E-state index contributed by atoms with van der Waals surface area (Å²) in [7, 11) is 0. The second kappa shape index (κ2) is 7.72. The summed E-state index contributed by atoms with van der Waals surface area (Å²) in [6, 6.07) is 7.74. The lowest BCUT2D eigenvalue weighted by molar-refractivity contribution is -0.123. The van der Waals surface area contributed by atoms with Gasteiger partial charge in [-0.2, -0.15) is 0 Å². The van der Waals surface area contributed by atoms with Gasteiger partial charge in [-0.25, -0.2) is 9.97 Å². The third-order valence-electron chi connectivity index (χ3n) is 4.56. The largest absolute Gasteiger partial charge is 0.389 e. The molecule has 0 atom stereocenters. The molecule has 0 aliphatic heterocycles.